The zero-order chi connectivity index (χ0) is 21.6. The molecule has 2 saturated carbocycles. The van der Waals surface area contributed by atoms with Crippen molar-refractivity contribution in [1.82, 2.24) is 20.0 Å². The number of hydrogen-bond donors (Lipinski definition) is 1. The second kappa shape index (κ2) is 10.9. The van der Waals surface area contributed by atoms with Gasteiger partial charge in [0, 0.05) is 45.3 Å². The van der Waals surface area contributed by atoms with Gasteiger partial charge in [0.1, 0.15) is 0 Å². The minimum Gasteiger partial charge on any atom is -0.378 e. The molecule has 4 aliphatic rings. The molecule has 2 aliphatic heterocycles. The summed E-state index contributed by atoms with van der Waals surface area (Å²) in [6.45, 7) is 5.35. The van der Waals surface area contributed by atoms with Crippen molar-refractivity contribution in [2.75, 3.05) is 59.7 Å². The van der Waals surface area contributed by atoms with Crippen LogP contribution in [0.15, 0.2) is 0 Å². The van der Waals surface area contributed by atoms with Gasteiger partial charge in [0.05, 0.1) is 26.4 Å². The normalized spacial score (nSPS) is 32.4. The number of rotatable bonds is 3. The molecule has 0 bridgehead atoms. The second-order valence-electron chi connectivity index (χ2n) is 9.67. The highest BCUT2D eigenvalue weighted by atomic mass is 16.5. The number of morpholine rings is 2. The molecule has 4 rings (SSSR count). The Balaban J connectivity index is 1.28. The van der Waals surface area contributed by atoms with E-state index in [0.717, 1.165) is 32.1 Å². The summed E-state index contributed by atoms with van der Waals surface area (Å²) in [7, 11) is 1.97. The molecule has 4 fully saturated rings. The molecule has 176 valence electrons. The molecule has 2 atom stereocenters. The zero-order valence-electron chi connectivity index (χ0n) is 19.1. The first-order chi connectivity index (χ1) is 15.1. The van der Waals surface area contributed by atoms with Crippen LogP contribution in [0.1, 0.15) is 51.4 Å². The quantitative estimate of drug-likeness (QED) is 0.738. The van der Waals surface area contributed by atoms with Gasteiger partial charge >= 0.3 is 12.1 Å². The first-order valence-corrected chi connectivity index (χ1v) is 12.4. The third-order valence-corrected chi connectivity index (χ3v) is 7.90. The van der Waals surface area contributed by atoms with Gasteiger partial charge in [-0.3, -0.25) is 0 Å². The van der Waals surface area contributed by atoms with Gasteiger partial charge in [0.2, 0.25) is 0 Å². The maximum absolute atomic E-state index is 12.8. The molecule has 0 aromatic carbocycles. The summed E-state index contributed by atoms with van der Waals surface area (Å²) in [5, 5.41) is 3.38. The number of urea groups is 2. The number of nitrogens with one attached hydrogen (secondary N) is 1. The topological polar surface area (TPSA) is 74.4 Å². The van der Waals surface area contributed by atoms with Crippen LogP contribution in [0.4, 0.5) is 9.59 Å². The van der Waals surface area contributed by atoms with Crippen LogP contribution in [0.2, 0.25) is 0 Å². The molecular formula is C23H40N4O4. The van der Waals surface area contributed by atoms with Crippen LogP contribution in [0.3, 0.4) is 0 Å². The van der Waals surface area contributed by atoms with E-state index in [-0.39, 0.29) is 12.1 Å². The molecule has 2 aliphatic carbocycles. The van der Waals surface area contributed by atoms with E-state index in [1.54, 1.807) is 0 Å². The van der Waals surface area contributed by atoms with Crippen LogP contribution in [-0.4, -0.2) is 98.5 Å². The number of hydrogen-bond acceptors (Lipinski definition) is 4. The highest BCUT2D eigenvalue weighted by Gasteiger charge is 2.37. The molecule has 4 amide bonds. The van der Waals surface area contributed by atoms with Crippen molar-refractivity contribution in [2.24, 2.45) is 11.8 Å². The SMILES string of the molecule is CN(C(=O)N1CCOCC1)C1CCC([C@H]2CCCCC2NC(=O)N2CCOCC2)CC1. The summed E-state index contributed by atoms with van der Waals surface area (Å²) in [6, 6.07) is 0.861. The maximum Gasteiger partial charge on any atom is 0.320 e. The maximum atomic E-state index is 12.8. The number of ether oxygens (including phenoxy) is 2. The van der Waals surface area contributed by atoms with Gasteiger partial charge in [-0.05, 0) is 50.4 Å². The highest BCUT2D eigenvalue weighted by Crippen LogP contribution is 2.39. The predicted octanol–water partition coefficient (Wildman–Crippen LogP) is 2.53. The largest absolute Gasteiger partial charge is 0.378 e. The van der Waals surface area contributed by atoms with Crippen molar-refractivity contribution in [1.29, 1.82) is 0 Å². The minimum absolute atomic E-state index is 0.0877. The molecule has 0 radical (unpaired) electrons. The lowest BCUT2D eigenvalue weighted by molar-refractivity contribution is 0.0370. The summed E-state index contributed by atoms with van der Waals surface area (Å²) in [5.74, 6) is 1.22. The summed E-state index contributed by atoms with van der Waals surface area (Å²) in [6.07, 6.45) is 9.22. The fraction of sp³-hybridized carbons (Fsp3) is 0.913. The second-order valence-corrected chi connectivity index (χ2v) is 9.67. The van der Waals surface area contributed by atoms with Gasteiger partial charge in [0.25, 0.3) is 0 Å². The number of carbonyl (C=O) groups is 2. The zero-order valence-corrected chi connectivity index (χ0v) is 19.1. The van der Waals surface area contributed by atoms with Crippen molar-refractivity contribution >= 4 is 12.1 Å². The number of amides is 4. The van der Waals surface area contributed by atoms with E-state index in [1.807, 2.05) is 21.7 Å². The molecule has 0 spiro atoms. The highest BCUT2D eigenvalue weighted by molar-refractivity contribution is 5.75. The lowest BCUT2D eigenvalue weighted by Gasteiger charge is -2.43. The predicted molar refractivity (Wildman–Crippen MR) is 118 cm³/mol. The average molecular weight is 437 g/mol. The smallest absolute Gasteiger partial charge is 0.320 e. The molecule has 2 heterocycles. The van der Waals surface area contributed by atoms with E-state index in [0.29, 0.717) is 76.5 Å². The molecule has 8 heteroatoms. The lowest BCUT2D eigenvalue weighted by Crippen LogP contribution is -2.53. The van der Waals surface area contributed by atoms with Crippen molar-refractivity contribution in [3.63, 3.8) is 0 Å². The van der Waals surface area contributed by atoms with Crippen LogP contribution in [-0.2, 0) is 9.47 Å². The van der Waals surface area contributed by atoms with E-state index < -0.39 is 0 Å². The summed E-state index contributed by atoms with van der Waals surface area (Å²) >= 11 is 0. The molecule has 1 N–H and O–H groups in total. The van der Waals surface area contributed by atoms with Crippen LogP contribution in [0, 0.1) is 11.8 Å². The molecule has 31 heavy (non-hydrogen) atoms. The Morgan fingerprint density at radius 1 is 0.806 bits per heavy atom. The van der Waals surface area contributed by atoms with E-state index in [9.17, 15) is 9.59 Å². The van der Waals surface area contributed by atoms with E-state index >= 15 is 0 Å². The number of nitrogens with zero attached hydrogens (tertiary/aromatic N) is 3. The van der Waals surface area contributed by atoms with Gasteiger partial charge < -0.3 is 29.5 Å². The van der Waals surface area contributed by atoms with Gasteiger partial charge in [-0.2, -0.15) is 0 Å². The van der Waals surface area contributed by atoms with E-state index in [2.05, 4.69) is 5.32 Å². The standard InChI is InChI=1S/C23H40N4O4/c1-25(23(29)27-12-16-31-17-13-27)19-8-6-18(7-9-19)20-4-2-3-5-21(20)24-22(28)26-10-14-30-15-11-26/h18-21H,2-17H2,1H3,(H,24,28)/t18?,19?,20-,21?/m1/s1. The van der Waals surface area contributed by atoms with Gasteiger partial charge in [0.15, 0.2) is 0 Å². The Bertz CT molecular complexity index is 598. The van der Waals surface area contributed by atoms with Crippen molar-refractivity contribution < 1.29 is 19.1 Å². The molecule has 0 aromatic heterocycles. The monoisotopic (exact) mass is 436 g/mol. The van der Waals surface area contributed by atoms with E-state index in [4.69, 9.17) is 9.47 Å². The van der Waals surface area contributed by atoms with Crippen LogP contribution < -0.4 is 5.32 Å². The summed E-state index contributed by atoms with van der Waals surface area (Å²) in [4.78, 5) is 31.4. The third kappa shape index (κ3) is 5.64. The van der Waals surface area contributed by atoms with Crippen molar-refractivity contribution in [3.05, 3.63) is 0 Å². The third-order valence-electron chi connectivity index (χ3n) is 7.90. The Kier molecular flexibility index (Phi) is 7.93. The molecule has 8 nitrogen and oxygen atoms in total. The Morgan fingerprint density at radius 2 is 1.39 bits per heavy atom. The fourth-order valence-corrected chi connectivity index (χ4v) is 5.97. The first kappa shape index (κ1) is 22.6. The minimum atomic E-state index is 0.0877. The summed E-state index contributed by atoms with van der Waals surface area (Å²) in [5.41, 5.74) is 0. The Hall–Kier alpha value is -1.54. The number of carbonyl (C=O) groups excluding carboxylic acids is 2. The lowest BCUT2D eigenvalue weighted by atomic mass is 9.70. The molecular weight excluding hydrogens is 396 g/mol. The van der Waals surface area contributed by atoms with Gasteiger partial charge in [-0.1, -0.05) is 12.8 Å². The van der Waals surface area contributed by atoms with Crippen LogP contribution in [0.25, 0.3) is 0 Å². The molecule has 0 aromatic rings. The molecule has 2 saturated heterocycles. The average Bonchev–Trinajstić information content (AvgIpc) is 2.84. The summed E-state index contributed by atoms with van der Waals surface area (Å²) < 4.78 is 10.8. The Morgan fingerprint density at radius 3 is 2.03 bits per heavy atom. The van der Waals surface area contributed by atoms with Crippen LogP contribution in [0.5, 0.6) is 0 Å². The first-order valence-electron chi connectivity index (χ1n) is 12.4. The van der Waals surface area contributed by atoms with Crippen LogP contribution >= 0.6 is 0 Å². The van der Waals surface area contributed by atoms with Gasteiger partial charge in [-0.25, -0.2) is 9.59 Å². The van der Waals surface area contributed by atoms with Crippen molar-refractivity contribution in [2.45, 2.75) is 63.5 Å². The van der Waals surface area contributed by atoms with Crippen molar-refractivity contribution in [3.8, 4) is 0 Å². The molecule has 1 unspecified atom stereocenters. The Labute approximate surface area is 186 Å². The van der Waals surface area contributed by atoms with E-state index in [1.165, 1.54) is 19.3 Å². The fourth-order valence-electron chi connectivity index (χ4n) is 5.97. The van der Waals surface area contributed by atoms with Gasteiger partial charge in [-0.15, -0.1) is 0 Å².